The molecular formula is C20H26ClF3N4O2. The van der Waals surface area contributed by atoms with Crippen LogP contribution in [0.5, 0.6) is 0 Å². The van der Waals surface area contributed by atoms with E-state index in [1.807, 2.05) is 0 Å². The summed E-state index contributed by atoms with van der Waals surface area (Å²) in [5, 5.41) is 7.56. The van der Waals surface area contributed by atoms with E-state index in [-0.39, 0.29) is 17.1 Å². The molecule has 0 saturated carbocycles. The predicted molar refractivity (Wildman–Crippen MR) is 111 cm³/mol. The topological polar surface area (TPSA) is 113 Å². The summed E-state index contributed by atoms with van der Waals surface area (Å²) in [6.07, 6.45) is -3.48. The standard InChI is InChI=1S/C20H26ClF3N4O2/c1-19(2,3)11-28(18(30)14(9-26)17(27)20(22,23)24)10-16(29)13(8-25)12-6-4-5-7-15(12)21/h4-9,14,17,26H,10-11,25,27H2,1-3H3/b13-8+,26-9?. The number of hydrogen-bond acceptors (Lipinski definition) is 5. The predicted octanol–water partition coefficient (Wildman–Crippen LogP) is 3.24. The van der Waals surface area contributed by atoms with Crippen molar-refractivity contribution in [3.05, 3.63) is 41.1 Å². The van der Waals surface area contributed by atoms with E-state index in [1.165, 1.54) is 0 Å². The smallest absolute Gasteiger partial charge is 0.404 e. The normalized spacial score (nSPS) is 14.7. The van der Waals surface area contributed by atoms with Gasteiger partial charge in [-0.1, -0.05) is 50.6 Å². The first-order valence-corrected chi connectivity index (χ1v) is 9.42. The zero-order chi connectivity index (χ0) is 23.3. The van der Waals surface area contributed by atoms with Crippen molar-refractivity contribution in [3.63, 3.8) is 0 Å². The molecule has 2 atom stereocenters. The fourth-order valence-corrected chi connectivity index (χ4v) is 3.04. The Morgan fingerprint density at radius 3 is 2.23 bits per heavy atom. The van der Waals surface area contributed by atoms with E-state index < -0.39 is 41.8 Å². The van der Waals surface area contributed by atoms with Crippen molar-refractivity contribution in [2.75, 3.05) is 13.1 Å². The van der Waals surface area contributed by atoms with E-state index in [0.29, 0.717) is 11.8 Å². The van der Waals surface area contributed by atoms with Gasteiger partial charge >= 0.3 is 6.18 Å². The minimum atomic E-state index is -4.88. The summed E-state index contributed by atoms with van der Waals surface area (Å²) >= 11 is 6.11. The summed E-state index contributed by atoms with van der Waals surface area (Å²) in [6.45, 7) is 4.70. The Hall–Kier alpha value is -2.39. The molecule has 0 fully saturated rings. The number of Topliss-reactive ketones (excluding diaryl/α,β-unsaturated/α-hetero) is 1. The second-order valence-corrected chi connectivity index (χ2v) is 8.41. The Morgan fingerprint density at radius 1 is 1.23 bits per heavy atom. The van der Waals surface area contributed by atoms with Crippen LogP contribution in [0.1, 0.15) is 26.3 Å². The zero-order valence-electron chi connectivity index (χ0n) is 17.0. The van der Waals surface area contributed by atoms with Gasteiger partial charge in [-0.25, -0.2) is 0 Å². The molecule has 1 aromatic carbocycles. The molecule has 0 bridgehead atoms. The third-order valence-electron chi connectivity index (χ3n) is 4.17. The first kappa shape index (κ1) is 25.6. The van der Waals surface area contributed by atoms with E-state index in [0.717, 1.165) is 11.1 Å². The van der Waals surface area contributed by atoms with Crippen molar-refractivity contribution in [1.82, 2.24) is 4.90 Å². The second-order valence-electron chi connectivity index (χ2n) is 8.00. The summed E-state index contributed by atoms with van der Waals surface area (Å²) in [5.74, 6) is -3.62. The zero-order valence-corrected chi connectivity index (χ0v) is 17.7. The fraction of sp³-hybridized carbons (Fsp3) is 0.450. The van der Waals surface area contributed by atoms with Crippen molar-refractivity contribution in [2.24, 2.45) is 22.8 Å². The number of halogens is 4. The molecule has 5 N–H and O–H groups in total. The van der Waals surface area contributed by atoms with Gasteiger partial charge in [-0.3, -0.25) is 9.59 Å². The highest BCUT2D eigenvalue weighted by Crippen LogP contribution is 2.27. The molecule has 1 amide bonds. The lowest BCUT2D eigenvalue weighted by Crippen LogP contribution is -2.53. The number of rotatable bonds is 8. The molecule has 30 heavy (non-hydrogen) atoms. The average molecular weight is 447 g/mol. The van der Waals surface area contributed by atoms with Crippen LogP contribution in [0.4, 0.5) is 13.2 Å². The maximum Gasteiger partial charge on any atom is 0.404 e. The molecule has 0 heterocycles. The highest BCUT2D eigenvalue weighted by molar-refractivity contribution is 6.35. The Morgan fingerprint density at radius 2 is 1.80 bits per heavy atom. The number of nitrogens with one attached hydrogen (secondary N) is 1. The Labute approximate surface area is 178 Å². The largest absolute Gasteiger partial charge is 0.404 e. The van der Waals surface area contributed by atoms with Crippen LogP contribution >= 0.6 is 11.6 Å². The summed E-state index contributed by atoms with van der Waals surface area (Å²) in [5.41, 5.74) is 10.6. The fourth-order valence-electron chi connectivity index (χ4n) is 2.80. The minimum Gasteiger partial charge on any atom is -0.404 e. The van der Waals surface area contributed by atoms with E-state index in [9.17, 15) is 22.8 Å². The number of nitrogens with two attached hydrogens (primary N) is 2. The van der Waals surface area contributed by atoms with Gasteiger partial charge in [0.15, 0.2) is 5.78 Å². The van der Waals surface area contributed by atoms with Crippen LogP contribution in [0.25, 0.3) is 5.57 Å². The van der Waals surface area contributed by atoms with Gasteiger partial charge in [-0.2, -0.15) is 13.2 Å². The molecule has 1 aromatic rings. The lowest BCUT2D eigenvalue weighted by atomic mass is 9.93. The number of nitrogens with zero attached hydrogens (tertiary/aromatic N) is 1. The van der Waals surface area contributed by atoms with E-state index in [4.69, 9.17) is 28.5 Å². The lowest BCUT2D eigenvalue weighted by molar-refractivity contribution is -0.164. The molecule has 10 heteroatoms. The third-order valence-corrected chi connectivity index (χ3v) is 4.50. The van der Waals surface area contributed by atoms with Crippen molar-refractivity contribution in [1.29, 1.82) is 5.41 Å². The van der Waals surface area contributed by atoms with Gasteiger partial charge in [0.1, 0.15) is 6.04 Å². The summed E-state index contributed by atoms with van der Waals surface area (Å²) in [7, 11) is 0. The minimum absolute atomic E-state index is 0.0267. The monoisotopic (exact) mass is 446 g/mol. The van der Waals surface area contributed by atoms with Gasteiger partial charge < -0.3 is 21.8 Å². The molecule has 0 aliphatic heterocycles. The van der Waals surface area contributed by atoms with E-state index in [1.54, 1.807) is 45.0 Å². The van der Waals surface area contributed by atoms with Gasteiger partial charge in [0.25, 0.3) is 0 Å². The molecule has 0 spiro atoms. The van der Waals surface area contributed by atoms with Crippen LogP contribution in [0.3, 0.4) is 0 Å². The Kier molecular flexibility index (Phi) is 8.62. The molecule has 0 aliphatic carbocycles. The molecule has 0 radical (unpaired) electrons. The first-order valence-electron chi connectivity index (χ1n) is 9.04. The van der Waals surface area contributed by atoms with Gasteiger partial charge in [0, 0.05) is 35.1 Å². The SMILES string of the molecule is CC(C)(C)CN(CC(=O)/C(=C/N)c1ccccc1Cl)C(=O)C(C=N)C(N)C(F)(F)F. The molecule has 0 aromatic heterocycles. The van der Waals surface area contributed by atoms with Crippen LogP contribution in [-0.2, 0) is 9.59 Å². The van der Waals surface area contributed by atoms with Crippen molar-refractivity contribution in [2.45, 2.75) is 33.0 Å². The number of carbonyl (C=O) groups is 2. The van der Waals surface area contributed by atoms with E-state index in [2.05, 4.69) is 0 Å². The number of benzene rings is 1. The van der Waals surface area contributed by atoms with Gasteiger partial charge in [0.05, 0.1) is 12.5 Å². The average Bonchev–Trinajstić information content (AvgIpc) is 2.61. The molecule has 166 valence electrons. The Balaban J connectivity index is 3.25. The van der Waals surface area contributed by atoms with Gasteiger partial charge in [0.2, 0.25) is 5.91 Å². The lowest BCUT2D eigenvalue weighted by Gasteiger charge is -2.33. The van der Waals surface area contributed by atoms with Crippen molar-refractivity contribution in [3.8, 4) is 0 Å². The van der Waals surface area contributed by atoms with E-state index >= 15 is 0 Å². The maximum atomic E-state index is 13.1. The number of carbonyl (C=O) groups excluding carboxylic acids is 2. The Bertz CT molecular complexity index is 819. The quantitative estimate of drug-likeness (QED) is 0.420. The third kappa shape index (κ3) is 6.84. The molecule has 2 unspecified atom stereocenters. The first-order chi connectivity index (χ1) is 13.7. The number of hydrogen-bond donors (Lipinski definition) is 3. The molecular weight excluding hydrogens is 421 g/mol. The molecule has 1 rings (SSSR count). The molecule has 6 nitrogen and oxygen atoms in total. The highest BCUT2D eigenvalue weighted by Gasteiger charge is 2.45. The van der Waals surface area contributed by atoms with Crippen LogP contribution < -0.4 is 11.5 Å². The summed E-state index contributed by atoms with van der Waals surface area (Å²) in [6, 6.07) is 3.86. The summed E-state index contributed by atoms with van der Waals surface area (Å²) in [4.78, 5) is 26.7. The van der Waals surface area contributed by atoms with Crippen molar-refractivity contribution >= 4 is 35.1 Å². The van der Waals surface area contributed by atoms with Crippen LogP contribution in [-0.4, -0.2) is 48.1 Å². The van der Waals surface area contributed by atoms with Crippen molar-refractivity contribution < 1.29 is 22.8 Å². The van der Waals surface area contributed by atoms with Crippen LogP contribution in [0, 0.1) is 16.7 Å². The number of ketones is 1. The van der Waals surface area contributed by atoms with Crippen LogP contribution in [0.15, 0.2) is 30.5 Å². The molecule has 0 aliphatic rings. The summed E-state index contributed by atoms with van der Waals surface area (Å²) < 4.78 is 39.2. The second kappa shape index (κ2) is 10.1. The van der Waals surface area contributed by atoms with Gasteiger partial charge in [-0.15, -0.1) is 0 Å². The molecule has 0 saturated heterocycles. The highest BCUT2D eigenvalue weighted by atomic mass is 35.5. The number of amides is 1. The number of alkyl halides is 3. The van der Waals surface area contributed by atoms with Crippen LogP contribution in [0.2, 0.25) is 5.02 Å². The maximum absolute atomic E-state index is 13.1. The van der Waals surface area contributed by atoms with Gasteiger partial charge in [-0.05, 0) is 11.5 Å².